The van der Waals surface area contributed by atoms with Crippen molar-refractivity contribution in [1.29, 1.82) is 0 Å². The molecule has 0 bridgehead atoms. The van der Waals surface area contributed by atoms with Gasteiger partial charge in [0.2, 0.25) is 0 Å². The average Bonchev–Trinajstić information content (AvgIpc) is 3.13. The van der Waals surface area contributed by atoms with Gasteiger partial charge in [0.1, 0.15) is 0 Å². The highest BCUT2D eigenvalue weighted by molar-refractivity contribution is 7.99. The molecule has 1 atom stereocenters. The van der Waals surface area contributed by atoms with E-state index < -0.39 is 16.1 Å². The molecule has 2 aliphatic rings. The van der Waals surface area contributed by atoms with Gasteiger partial charge in [-0.15, -0.1) is 0 Å². The summed E-state index contributed by atoms with van der Waals surface area (Å²) in [5.74, 6) is 0.785. The van der Waals surface area contributed by atoms with Gasteiger partial charge in [-0.1, -0.05) is 29.4 Å². The first-order chi connectivity index (χ1) is 11.0. The Kier molecular flexibility index (Phi) is 3.60. The van der Waals surface area contributed by atoms with E-state index in [1.54, 1.807) is 16.7 Å². The number of aliphatic hydroxyl groups excluding tert-OH is 1. The van der Waals surface area contributed by atoms with E-state index in [1.807, 2.05) is 6.07 Å². The van der Waals surface area contributed by atoms with Crippen molar-refractivity contribution in [2.75, 3.05) is 10.5 Å². The monoisotopic (exact) mass is 371 g/mol. The van der Waals surface area contributed by atoms with Crippen molar-refractivity contribution in [2.24, 2.45) is 0 Å². The van der Waals surface area contributed by atoms with Crippen molar-refractivity contribution in [1.82, 2.24) is 9.55 Å². The van der Waals surface area contributed by atoms with Crippen LogP contribution in [0.4, 0.5) is 5.69 Å². The Hall–Kier alpha value is -1.22. The van der Waals surface area contributed by atoms with Crippen LogP contribution in [0.1, 0.15) is 23.7 Å². The Bertz CT molecular complexity index is 895. The van der Waals surface area contributed by atoms with Crippen LogP contribution in [0.5, 0.6) is 0 Å². The molecule has 0 fully saturated rings. The first-order valence-electron chi connectivity index (χ1n) is 7.18. The number of nitrogens with one attached hydrogen (secondary N) is 1. The number of anilines is 1. The smallest absolute Gasteiger partial charge is 0.280 e. The highest BCUT2D eigenvalue weighted by Crippen LogP contribution is 2.36. The molecule has 1 aromatic carbocycles. The van der Waals surface area contributed by atoms with Gasteiger partial charge in [-0.2, -0.15) is 8.42 Å². The van der Waals surface area contributed by atoms with Crippen LogP contribution < -0.4 is 4.72 Å². The lowest BCUT2D eigenvalue weighted by Gasteiger charge is -2.12. The molecule has 1 aliphatic heterocycles. The van der Waals surface area contributed by atoms with Gasteiger partial charge in [0, 0.05) is 18.0 Å². The zero-order chi connectivity index (χ0) is 16.2. The van der Waals surface area contributed by atoms with E-state index in [2.05, 4.69) is 9.71 Å². The van der Waals surface area contributed by atoms with E-state index >= 15 is 0 Å². The Labute approximate surface area is 142 Å². The minimum Gasteiger partial charge on any atom is -0.388 e. The molecule has 9 heteroatoms. The number of benzene rings is 1. The molecule has 23 heavy (non-hydrogen) atoms. The van der Waals surface area contributed by atoms with E-state index in [0.29, 0.717) is 23.8 Å². The number of nitrogens with zero attached hydrogens (tertiary/aromatic N) is 2. The fourth-order valence-electron chi connectivity index (χ4n) is 3.03. The molecule has 0 amide bonds. The highest BCUT2D eigenvalue weighted by Gasteiger charge is 2.30. The molecule has 2 aromatic rings. The van der Waals surface area contributed by atoms with Gasteiger partial charge in [-0.25, -0.2) is 4.98 Å². The van der Waals surface area contributed by atoms with Crippen LogP contribution in [0.2, 0.25) is 5.15 Å². The minimum absolute atomic E-state index is 0.000198. The zero-order valence-electron chi connectivity index (χ0n) is 12.0. The lowest BCUT2D eigenvalue weighted by molar-refractivity contribution is 0.180. The summed E-state index contributed by atoms with van der Waals surface area (Å²) in [5, 5.41) is 10.6. The molecule has 2 N–H and O–H groups in total. The van der Waals surface area contributed by atoms with E-state index in [9.17, 15) is 13.5 Å². The number of sulfonamides is 1. The minimum atomic E-state index is -3.84. The Morgan fingerprint density at radius 3 is 3.09 bits per heavy atom. The average molecular weight is 372 g/mol. The third-order valence-electron chi connectivity index (χ3n) is 4.09. The Morgan fingerprint density at radius 2 is 2.26 bits per heavy atom. The van der Waals surface area contributed by atoms with Crippen LogP contribution in [0.15, 0.2) is 28.4 Å². The molecule has 2 heterocycles. The second kappa shape index (κ2) is 5.41. The largest absolute Gasteiger partial charge is 0.388 e. The topological polar surface area (TPSA) is 84.2 Å². The number of halogens is 1. The lowest BCUT2D eigenvalue weighted by atomic mass is 10.1. The molecule has 6 nitrogen and oxygen atoms in total. The summed E-state index contributed by atoms with van der Waals surface area (Å²) in [7, 11) is -3.84. The van der Waals surface area contributed by atoms with Crippen molar-refractivity contribution in [3.63, 3.8) is 0 Å². The van der Waals surface area contributed by atoms with Crippen LogP contribution >= 0.6 is 23.4 Å². The fourth-order valence-corrected chi connectivity index (χ4v) is 5.84. The van der Waals surface area contributed by atoms with Gasteiger partial charge in [0.25, 0.3) is 10.0 Å². The number of imidazole rings is 1. The van der Waals surface area contributed by atoms with Crippen LogP contribution in [-0.2, 0) is 23.0 Å². The maximum atomic E-state index is 12.7. The van der Waals surface area contributed by atoms with Gasteiger partial charge in [0.05, 0.1) is 6.10 Å². The van der Waals surface area contributed by atoms with Crippen molar-refractivity contribution in [3.05, 3.63) is 34.5 Å². The molecular weight excluding hydrogens is 358 g/mol. The molecular formula is C14H14ClN3O3S2. The SMILES string of the molecule is O=S(=O)(Nc1ccc2c(c1)C(O)CC2)c1c(Cl)nc2n1CCS2. The van der Waals surface area contributed by atoms with Crippen LogP contribution in [0.3, 0.4) is 0 Å². The maximum Gasteiger partial charge on any atom is 0.280 e. The quantitative estimate of drug-likeness (QED) is 0.865. The molecule has 1 unspecified atom stereocenters. The van der Waals surface area contributed by atoms with Gasteiger partial charge in [-0.05, 0) is 36.1 Å². The molecule has 0 spiro atoms. The lowest BCUT2D eigenvalue weighted by Crippen LogP contribution is -2.18. The first-order valence-corrected chi connectivity index (χ1v) is 10.0. The summed E-state index contributed by atoms with van der Waals surface area (Å²) in [6.07, 6.45) is 0.946. The maximum absolute atomic E-state index is 12.7. The molecule has 0 saturated carbocycles. The highest BCUT2D eigenvalue weighted by atomic mass is 35.5. The standard InChI is InChI=1S/C14H14ClN3O3S2/c15-12-13(18-5-6-22-14(18)16-12)23(20,21)17-9-3-1-8-2-4-11(19)10(8)7-9/h1,3,7,11,17,19H,2,4-6H2. The van der Waals surface area contributed by atoms with Crippen molar-refractivity contribution in [2.45, 2.75) is 35.7 Å². The molecule has 4 rings (SSSR count). The predicted molar refractivity (Wildman–Crippen MR) is 88.5 cm³/mol. The fraction of sp³-hybridized carbons (Fsp3) is 0.357. The third kappa shape index (κ3) is 2.53. The summed E-state index contributed by atoms with van der Waals surface area (Å²) >= 11 is 7.51. The third-order valence-corrected chi connectivity index (χ3v) is 6.85. The van der Waals surface area contributed by atoms with E-state index in [4.69, 9.17) is 11.6 Å². The summed E-state index contributed by atoms with van der Waals surface area (Å²) in [6.45, 7) is 0.568. The molecule has 1 aliphatic carbocycles. The van der Waals surface area contributed by atoms with Gasteiger partial charge in [0.15, 0.2) is 15.3 Å². The number of thioether (sulfide) groups is 1. The first kappa shape index (κ1) is 15.3. The Morgan fingerprint density at radius 1 is 1.43 bits per heavy atom. The second-order valence-corrected chi connectivity index (χ2v) is 8.58. The summed E-state index contributed by atoms with van der Waals surface area (Å²) in [4.78, 5) is 4.10. The summed E-state index contributed by atoms with van der Waals surface area (Å²) in [5.41, 5.74) is 2.26. The van der Waals surface area contributed by atoms with E-state index in [1.165, 1.54) is 11.8 Å². The number of rotatable bonds is 3. The molecule has 1 aromatic heterocycles. The summed E-state index contributed by atoms with van der Waals surface area (Å²) in [6, 6.07) is 5.24. The van der Waals surface area contributed by atoms with E-state index in [0.717, 1.165) is 23.3 Å². The number of fused-ring (bicyclic) bond motifs is 2. The second-order valence-electron chi connectivity index (χ2n) is 5.56. The van der Waals surface area contributed by atoms with Gasteiger partial charge in [-0.3, -0.25) is 4.72 Å². The summed E-state index contributed by atoms with van der Waals surface area (Å²) < 4.78 is 29.6. The van der Waals surface area contributed by atoms with Crippen molar-refractivity contribution < 1.29 is 13.5 Å². The molecule has 0 saturated heterocycles. The number of aliphatic hydroxyl groups is 1. The van der Waals surface area contributed by atoms with Gasteiger partial charge < -0.3 is 9.67 Å². The van der Waals surface area contributed by atoms with E-state index in [-0.39, 0.29) is 10.2 Å². The van der Waals surface area contributed by atoms with Crippen molar-refractivity contribution >= 4 is 39.1 Å². The number of aromatic nitrogens is 2. The van der Waals surface area contributed by atoms with Gasteiger partial charge >= 0.3 is 0 Å². The zero-order valence-corrected chi connectivity index (χ0v) is 14.4. The van der Waals surface area contributed by atoms with Crippen LogP contribution in [0, 0.1) is 0 Å². The number of hydrogen-bond acceptors (Lipinski definition) is 5. The number of hydrogen-bond donors (Lipinski definition) is 2. The number of aryl methyl sites for hydroxylation is 1. The molecule has 0 radical (unpaired) electrons. The van der Waals surface area contributed by atoms with Crippen LogP contribution in [-0.4, -0.2) is 28.8 Å². The van der Waals surface area contributed by atoms with Crippen molar-refractivity contribution in [3.8, 4) is 0 Å². The normalized spacial score (nSPS) is 19.7. The Balaban J connectivity index is 1.70. The molecule has 122 valence electrons. The predicted octanol–water partition coefficient (Wildman–Crippen LogP) is 2.42. The van der Waals surface area contributed by atoms with Crippen LogP contribution in [0.25, 0.3) is 0 Å².